The van der Waals surface area contributed by atoms with Gasteiger partial charge >= 0.3 is 0 Å². The summed E-state index contributed by atoms with van der Waals surface area (Å²) in [5, 5.41) is 9.43. The summed E-state index contributed by atoms with van der Waals surface area (Å²) in [6, 6.07) is 9.92. The van der Waals surface area contributed by atoms with Crippen molar-refractivity contribution in [2.75, 3.05) is 18.5 Å². The first kappa shape index (κ1) is 21.0. The number of amides is 1. The first-order chi connectivity index (χ1) is 14.9. The van der Waals surface area contributed by atoms with Gasteiger partial charge in [0, 0.05) is 16.5 Å². The summed E-state index contributed by atoms with van der Waals surface area (Å²) in [7, 11) is 0. The molecule has 0 saturated carbocycles. The van der Waals surface area contributed by atoms with E-state index in [0.717, 1.165) is 16.8 Å². The Morgan fingerprint density at radius 3 is 3.03 bits per heavy atom. The SMILES string of the molecule is C=C(C)CN=c1scc(-c2ccc3c(c2)NC(=O)CO3)n1N=Cc1c(F)cccc1Cl. The van der Waals surface area contributed by atoms with E-state index >= 15 is 0 Å². The molecule has 1 amide bonds. The number of aromatic nitrogens is 1. The Balaban J connectivity index is 1.82. The van der Waals surface area contributed by atoms with Crippen molar-refractivity contribution in [3.8, 4) is 17.0 Å². The number of fused-ring (bicyclic) bond motifs is 1. The number of anilines is 1. The highest BCUT2D eigenvalue weighted by atomic mass is 35.5. The van der Waals surface area contributed by atoms with Crippen LogP contribution >= 0.6 is 22.9 Å². The van der Waals surface area contributed by atoms with Gasteiger partial charge in [-0.15, -0.1) is 11.3 Å². The minimum Gasteiger partial charge on any atom is -0.482 e. The molecule has 6 nitrogen and oxygen atoms in total. The van der Waals surface area contributed by atoms with Crippen LogP contribution < -0.4 is 14.9 Å². The third-order valence-corrected chi connectivity index (χ3v) is 5.56. The zero-order valence-electron chi connectivity index (χ0n) is 16.6. The molecule has 0 atom stereocenters. The smallest absolute Gasteiger partial charge is 0.262 e. The zero-order chi connectivity index (χ0) is 22.0. The molecule has 1 aliphatic heterocycles. The van der Waals surface area contributed by atoms with Gasteiger partial charge in [-0.2, -0.15) is 5.10 Å². The minimum atomic E-state index is -0.470. The number of benzene rings is 2. The van der Waals surface area contributed by atoms with Gasteiger partial charge in [-0.05, 0) is 37.3 Å². The molecule has 158 valence electrons. The lowest BCUT2D eigenvalue weighted by atomic mass is 10.1. The number of halogens is 2. The number of hydrogen-bond acceptors (Lipinski definition) is 5. The first-order valence-corrected chi connectivity index (χ1v) is 10.6. The summed E-state index contributed by atoms with van der Waals surface area (Å²) < 4.78 is 21.3. The quantitative estimate of drug-likeness (QED) is 0.446. The Hall–Kier alpha value is -3.23. The van der Waals surface area contributed by atoms with Crippen LogP contribution in [-0.4, -0.2) is 29.9 Å². The number of carbonyl (C=O) groups excluding carboxylic acids is 1. The topological polar surface area (TPSA) is 68.0 Å². The molecule has 0 spiro atoms. The van der Waals surface area contributed by atoms with Crippen LogP contribution in [0.4, 0.5) is 10.1 Å². The van der Waals surface area contributed by atoms with Crippen LogP contribution in [0.1, 0.15) is 12.5 Å². The molecule has 1 aromatic heterocycles. The van der Waals surface area contributed by atoms with E-state index < -0.39 is 5.82 Å². The van der Waals surface area contributed by atoms with Gasteiger partial charge < -0.3 is 10.1 Å². The molecule has 1 aliphatic rings. The van der Waals surface area contributed by atoms with E-state index in [2.05, 4.69) is 22.0 Å². The second-order valence-electron chi connectivity index (χ2n) is 6.92. The molecule has 31 heavy (non-hydrogen) atoms. The first-order valence-electron chi connectivity index (χ1n) is 9.33. The van der Waals surface area contributed by atoms with Crippen LogP contribution in [0.2, 0.25) is 5.02 Å². The minimum absolute atomic E-state index is 0.0115. The Morgan fingerprint density at radius 2 is 2.26 bits per heavy atom. The van der Waals surface area contributed by atoms with E-state index in [4.69, 9.17) is 16.3 Å². The fraction of sp³-hybridized carbons (Fsp3) is 0.136. The van der Waals surface area contributed by atoms with E-state index in [9.17, 15) is 9.18 Å². The van der Waals surface area contributed by atoms with Crippen molar-refractivity contribution < 1.29 is 13.9 Å². The molecular formula is C22H18ClFN4O2S. The fourth-order valence-electron chi connectivity index (χ4n) is 2.91. The molecule has 2 aromatic carbocycles. The van der Waals surface area contributed by atoms with Crippen molar-refractivity contribution in [1.29, 1.82) is 0 Å². The molecular weight excluding hydrogens is 439 g/mol. The maximum absolute atomic E-state index is 14.2. The van der Waals surface area contributed by atoms with E-state index in [1.165, 1.54) is 29.7 Å². The van der Waals surface area contributed by atoms with Crippen molar-refractivity contribution in [1.82, 2.24) is 4.68 Å². The summed E-state index contributed by atoms with van der Waals surface area (Å²) in [6.45, 7) is 6.19. The van der Waals surface area contributed by atoms with Crippen LogP contribution in [0.5, 0.6) is 5.75 Å². The van der Waals surface area contributed by atoms with Crippen molar-refractivity contribution in [2.45, 2.75) is 6.92 Å². The molecule has 2 heterocycles. The van der Waals surface area contributed by atoms with Gasteiger partial charge in [0.05, 0.1) is 29.2 Å². The highest BCUT2D eigenvalue weighted by Crippen LogP contribution is 2.33. The number of carbonyl (C=O) groups is 1. The molecule has 0 saturated heterocycles. The molecule has 3 aromatic rings. The van der Waals surface area contributed by atoms with Crippen LogP contribution in [0.15, 0.2) is 64.0 Å². The van der Waals surface area contributed by atoms with Crippen molar-refractivity contribution in [3.05, 3.63) is 75.1 Å². The van der Waals surface area contributed by atoms with Gasteiger partial charge in [-0.3, -0.25) is 9.79 Å². The number of thiazole rings is 1. The lowest BCUT2D eigenvalue weighted by Crippen LogP contribution is -2.25. The Bertz CT molecular complexity index is 1260. The average molecular weight is 457 g/mol. The van der Waals surface area contributed by atoms with Crippen LogP contribution in [0.25, 0.3) is 11.3 Å². The van der Waals surface area contributed by atoms with Gasteiger partial charge in [0.1, 0.15) is 11.6 Å². The Kier molecular flexibility index (Phi) is 6.01. The predicted molar refractivity (Wildman–Crippen MR) is 122 cm³/mol. The average Bonchev–Trinajstić information content (AvgIpc) is 3.14. The Morgan fingerprint density at radius 1 is 1.42 bits per heavy atom. The standard InChI is InChI=1S/C22H18ClFN4O2S/c1-13(2)9-25-22-28(26-10-15-16(23)4-3-5-17(15)24)19(12-31-22)14-6-7-20-18(8-14)27-21(29)11-30-20/h3-8,10,12H,1,9,11H2,2H3,(H,27,29). The summed E-state index contributed by atoms with van der Waals surface area (Å²) in [5.74, 6) is -0.0890. The molecule has 0 aliphatic carbocycles. The predicted octanol–water partition coefficient (Wildman–Crippen LogP) is 4.70. The number of rotatable bonds is 5. The third-order valence-electron chi connectivity index (χ3n) is 4.38. The molecule has 0 fully saturated rings. The summed E-state index contributed by atoms with van der Waals surface area (Å²) >= 11 is 7.53. The third kappa shape index (κ3) is 4.60. The van der Waals surface area contributed by atoms with Crippen LogP contribution in [0.3, 0.4) is 0 Å². The molecule has 9 heteroatoms. The van der Waals surface area contributed by atoms with Gasteiger partial charge in [0.15, 0.2) is 6.61 Å². The fourth-order valence-corrected chi connectivity index (χ4v) is 3.96. The molecule has 0 radical (unpaired) electrons. The molecule has 0 bridgehead atoms. The highest BCUT2D eigenvalue weighted by Gasteiger charge is 2.18. The van der Waals surface area contributed by atoms with E-state index in [1.807, 2.05) is 18.4 Å². The zero-order valence-corrected chi connectivity index (χ0v) is 18.1. The van der Waals surface area contributed by atoms with Gasteiger partial charge in [-0.25, -0.2) is 9.07 Å². The lowest BCUT2D eigenvalue weighted by molar-refractivity contribution is -0.118. The molecule has 1 N–H and O–H groups in total. The second kappa shape index (κ2) is 8.87. The van der Waals surface area contributed by atoms with Crippen molar-refractivity contribution >= 4 is 40.7 Å². The number of ether oxygens (including phenoxy) is 1. The lowest BCUT2D eigenvalue weighted by Gasteiger charge is -2.18. The van der Waals surface area contributed by atoms with E-state index in [-0.39, 0.29) is 23.1 Å². The van der Waals surface area contributed by atoms with Gasteiger partial charge in [0.2, 0.25) is 4.80 Å². The summed E-state index contributed by atoms with van der Waals surface area (Å²) in [5.41, 5.74) is 3.17. The van der Waals surface area contributed by atoms with Crippen LogP contribution in [-0.2, 0) is 4.79 Å². The summed E-state index contributed by atoms with van der Waals surface area (Å²) in [6.07, 6.45) is 1.37. The second-order valence-corrected chi connectivity index (χ2v) is 8.16. The van der Waals surface area contributed by atoms with Crippen LogP contribution in [0, 0.1) is 5.82 Å². The van der Waals surface area contributed by atoms with Crippen molar-refractivity contribution in [3.63, 3.8) is 0 Å². The molecule has 4 rings (SSSR count). The molecule has 0 unspecified atom stereocenters. The van der Waals surface area contributed by atoms with E-state index in [1.54, 1.807) is 22.9 Å². The normalized spacial score (nSPS) is 13.8. The Labute approximate surface area is 187 Å². The van der Waals surface area contributed by atoms with Crippen molar-refractivity contribution in [2.24, 2.45) is 10.1 Å². The largest absolute Gasteiger partial charge is 0.482 e. The maximum atomic E-state index is 14.2. The highest BCUT2D eigenvalue weighted by molar-refractivity contribution is 7.07. The van der Waals surface area contributed by atoms with Gasteiger partial charge in [-0.1, -0.05) is 29.8 Å². The monoisotopic (exact) mass is 456 g/mol. The maximum Gasteiger partial charge on any atom is 0.262 e. The van der Waals surface area contributed by atoms with Gasteiger partial charge in [0.25, 0.3) is 5.91 Å². The number of nitrogens with one attached hydrogen (secondary N) is 1. The number of nitrogens with zero attached hydrogens (tertiary/aromatic N) is 3. The summed E-state index contributed by atoms with van der Waals surface area (Å²) in [4.78, 5) is 16.8. The number of hydrogen-bond donors (Lipinski definition) is 1. The van der Waals surface area contributed by atoms with E-state index in [0.29, 0.717) is 22.8 Å².